The van der Waals surface area contributed by atoms with Crippen LogP contribution in [0.15, 0.2) is 23.3 Å². The first-order valence-electron chi connectivity index (χ1n) is 8.85. The molecular weight excluding hydrogens is 467 g/mol. The highest BCUT2D eigenvalue weighted by atomic mass is 127. The topological polar surface area (TPSA) is 75.6 Å². The number of rotatable bonds is 11. The highest BCUT2D eigenvalue weighted by molar-refractivity contribution is 14.0. The maximum absolute atomic E-state index is 11.0. The Labute approximate surface area is 178 Å². The first-order chi connectivity index (χ1) is 12.2. The Morgan fingerprint density at radius 3 is 2.65 bits per heavy atom. The first kappa shape index (κ1) is 24.9. The van der Waals surface area contributed by atoms with Gasteiger partial charge in [-0.05, 0) is 37.8 Å². The van der Waals surface area contributed by atoms with E-state index in [4.69, 9.17) is 11.6 Å². The summed E-state index contributed by atoms with van der Waals surface area (Å²) in [5.41, 5.74) is 1.14. The molecule has 0 fully saturated rings. The van der Waals surface area contributed by atoms with Crippen molar-refractivity contribution < 1.29 is 9.53 Å². The van der Waals surface area contributed by atoms with Crippen molar-refractivity contribution in [1.82, 2.24) is 15.6 Å². The van der Waals surface area contributed by atoms with Gasteiger partial charge in [-0.1, -0.05) is 30.5 Å². The molecule has 0 radical (unpaired) electrons. The molecule has 6 nitrogen and oxygen atoms in total. The smallest absolute Gasteiger partial charge is 0.305 e. The van der Waals surface area contributed by atoms with Crippen LogP contribution in [0.4, 0.5) is 0 Å². The van der Waals surface area contributed by atoms with E-state index in [1.54, 1.807) is 12.3 Å². The van der Waals surface area contributed by atoms with E-state index in [2.05, 4.69) is 25.3 Å². The number of aromatic nitrogens is 1. The van der Waals surface area contributed by atoms with Crippen molar-refractivity contribution in [3.63, 3.8) is 0 Å². The average molecular weight is 497 g/mol. The number of nitrogens with one attached hydrogen (secondary N) is 2. The number of methoxy groups -OCH3 is 1. The maximum atomic E-state index is 11.0. The molecule has 0 saturated heterocycles. The van der Waals surface area contributed by atoms with Gasteiger partial charge in [0.2, 0.25) is 0 Å². The monoisotopic (exact) mass is 496 g/mol. The Kier molecular flexibility index (Phi) is 15.4. The number of carbonyl (C=O) groups excluding carboxylic acids is 1. The molecule has 0 unspecified atom stereocenters. The first-order valence-corrected chi connectivity index (χ1v) is 9.23. The number of ether oxygens (including phenoxy) is 1. The number of guanidine groups is 1. The van der Waals surface area contributed by atoms with E-state index >= 15 is 0 Å². The van der Waals surface area contributed by atoms with Crippen LogP contribution in [-0.2, 0) is 16.0 Å². The molecule has 1 aromatic rings. The number of nitrogens with zero attached hydrogens (tertiary/aromatic N) is 2. The summed E-state index contributed by atoms with van der Waals surface area (Å²) in [5, 5.41) is 7.08. The lowest BCUT2D eigenvalue weighted by Gasteiger charge is -2.11. The minimum atomic E-state index is -0.132. The second-order valence-electron chi connectivity index (χ2n) is 5.67. The third-order valence-electron chi connectivity index (χ3n) is 3.63. The molecule has 0 atom stereocenters. The van der Waals surface area contributed by atoms with Crippen molar-refractivity contribution in [2.45, 2.75) is 45.4 Å². The SMILES string of the molecule is CCNC(=NCCCCCCC(=O)OC)NCCc1ccc(Cl)nc1.I. The predicted octanol–water partition coefficient (Wildman–Crippen LogP) is 3.57. The third kappa shape index (κ3) is 12.3. The van der Waals surface area contributed by atoms with Crippen LogP contribution in [0.2, 0.25) is 5.15 Å². The zero-order valence-electron chi connectivity index (χ0n) is 15.6. The number of hydrogen-bond acceptors (Lipinski definition) is 4. The molecule has 0 amide bonds. The van der Waals surface area contributed by atoms with E-state index in [1.165, 1.54) is 7.11 Å². The molecule has 148 valence electrons. The molecule has 8 heteroatoms. The maximum Gasteiger partial charge on any atom is 0.305 e. The van der Waals surface area contributed by atoms with E-state index in [0.29, 0.717) is 11.6 Å². The molecule has 1 aromatic heterocycles. The van der Waals surface area contributed by atoms with Crippen LogP contribution in [-0.4, -0.2) is 43.7 Å². The number of aliphatic imine (C=N–C) groups is 1. The lowest BCUT2D eigenvalue weighted by Crippen LogP contribution is -2.38. The van der Waals surface area contributed by atoms with Crippen LogP contribution < -0.4 is 10.6 Å². The fourth-order valence-electron chi connectivity index (χ4n) is 2.25. The Hall–Kier alpha value is -1.09. The molecule has 1 rings (SSSR count). The van der Waals surface area contributed by atoms with Gasteiger partial charge in [0.15, 0.2) is 5.96 Å². The van der Waals surface area contributed by atoms with Gasteiger partial charge in [0.25, 0.3) is 0 Å². The second kappa shape index (κ2) is 16.1. The molecule has 0 aliphatic rings. The lowest BCUT2D eigenvalue weighted by atomic mass is 10.1. The summed E-state index contributed by atoms with van der Waals surface area (Å²) in [6, 6.07) is 3.78. The summed E-state index contributed by atoms with van der Waals surface area (Å²) in [6.45, 7) is 4.44. The van der Waals surface area contributed by atoms with Crippen LogP contribution >= 0.6 is 35.6 Å². The molecule has 2 N–H and O–H groups in total. The molecule has 26 heavy (non-hydrogen) atoms. The molecule has 0 aliphatic heterocycles. The predicted molar refractivity (Wildman–Crippen MR) is 117 cm³/mol. The number of pyridine rings is 1. The summed E-state index contributed by atoms with van der Waals surface area (Å²) in [7, 11) is 1.43. The normalized spacial score (nSPS) is 10.8. The quantitative estimate of drug-likeness (QED) is 0.122. The van der Waals surface area contributed by atoms with Crippen LogP contribution in [0, 0.1) is 0 Å². The van der Waals surface area contributed by atoms with E-state index in [1.807, 2.05) is 13.0 Å². The molecule has 0 aromatic carbocycles. The highest BCUT2D eigenvalue weighted by Crippen LogP contribution is 2.05. The molecule has 0 spiro atoms. The lowest BCUT2D eigenvalue weighted by molar-refractivity contribution is -0.140. The van der Waals surface area contributed by atoms with Crippen LogP contribution in [0.5, 0.6) is 0 Å². The van der Waals surface area contributed by atoms with Gasteiger partial charge in [-0.3, -0.25) is 9.79 Å². The van der Waals surface area contributed by atoms with Gasteiger partial charge in [-0.15, -0.1) is 24.0 Å². The number of esters is 1. The van der Waals surface area contributed by atoms with E-state index in [9.17, 15) is 4.79 Å². The highest BCUT2D eigenvalue weighted by Gasteiger charge is 2.00. The van der Waals surface area contributed by atoms with Crippen molar-refractivity contribution in [2.75, 3.05) is 26.7 Å². The molecule has 0 bridgehead atoms. The number of unbranched alkanes of at least 4 members (excludes halogenated alkanes) is 3. The Bertz CT molecular complexity index is 526. The van der Waals surface area contributed by atoms with E-state index in [-0.39, 0.29) is 29.9 Å². The number of carbonyl (C=O) groups is 1. The molecular formula is C18H30ClIN4O2. The van der Waals surface area contributed by atoms with Gasteiger partial charge in [0.1, 0.15) is 5.15 Å². The minimum absolute atomic E-state index is 0. The summed E-state index contributed by atoms with van der Waals surface area (Å²) in [6.07, 6.45) is 7.14. The minimum Gasteiger partial charge on any atom is -0.469 e. The van der Waals surface area contributed by atoms with E-state index < -0.39 is 0 Å². The van der Waals surface area contributed by atoms with Gasteiger partial charge < -0.3 is 15.4 Å². The molecule has 0 aliphatic carbocycles. The second-order valence-corrected chi connectivity index (χ2v) is 6.05. The van der Waals surface area contributed by atoms with Gasteiger partial charge in [-0.25, -0.2) is 4.98 Å². The Morgan fingerprint density at radius 1 is 1.23 bits per heavy atom. The summed E-state index contributed by atoms with van der Waals surface area (Å²) < 4.78 is 4.62. The number of halogens is 2. The van der Waals surface area contributed by atoms with Crippen molar-refractivity contribution in [3.8, 4) is 0 Å². The summed E-state index contributed by atoms with van der Waals surface area (Å²) in [5.74, 6) is 0.700. The largest absolute Gasteiger partial charge is 0.469 e. The molecule has 1 heterocycles. The Balaban J connectivity index is 0.00000625. The van der Waals surface area contributed by atoms with Crippen LogP contribution in [0.3, 0.4) is 0 Å². The fraction of sp³-hybridized carbons (Fsp3) is 0.611. The van der Waals surface area contributed by atoms with Gasteiger partial charge in [0, 0.05) is 32.3 Å². The van der Waals surface area contributed by atoms with Crippen molar-refractivity contribution in [1.29, 1.82) is 0 Å². The molecule has 0 saturated carbocycles. The van der Waals surface area contributed by atoms with Crippen LogP contribution in [0.25, 0.3) is 0 Å². The van der Waals surface area contributed by atoms with Gasteiger partial charge >= 0.3 is 5.97 Å². The van der Waals surface area contributed by atoms with Crippen molar-refractivity contribution in [3.05, 3.63) is 29.0 Å². The van der Waals surface area contributed by atoms with Crippen molar-refractivity contribution >= 4 is 47.5 Å². The summed E-state index contributed by atoms with van der Waals surface area (Å²) >= 11 is 5.78. The zero-order chi connectivity index (χ0) is 18.3. The third-order valence-corrected chi connectivity index (χ3v) is 3.85. The average Bonchev–Trinajstić information content (AvgIpc) is 2.62. The van der Waals surface area contributed by atoms with E-state index in [0.717, 1.165) is 63.3 Å². The number of hydrogen-bond donors (Lipinski definition) is 2. The Morgan fingerprint density at radius 2 is 2.00 bits per heavy atom. The fourth-order valence-corrected chi connectivity index (χ4v) is 2.36. The van der Waals surface area contributed by atoms with Gasteiger partial charge in [0.05, 0.1) is 7.11 Å². The standard InChI is InChI=1S/C18H29ClN4O2.HI/c1-3-20-18(21-12-7-5-4-6-8-17(24)25-2)22-13-11-15-9-10-16(19)23-14-15;/h9-10,14H,3-8,11-13H2,1-2H3,(H2,20,21,22);1H. The van der Waals surface area contributed by atoms with Gasteiger partial charge in [-0.2, -0.15) is 0 Å². The zero-order valence-corrected chi connectivity index (χ0v) is 18.7. The summed E-state index contributed by atoms with van der Waals surface area (Å²) in [4.78, 5) is 19.7. The van der Waals surface area contributed by atoms with Crippen molar-refractivity contribution in [2.24, 2.45) is 4.99 Å². The van der Waals surface area contributed by atoms with Crippen LogP contribution in [0.1, 0.15) is 44.6 Å².